The van der Waals surface area contributed by atoms with Crippen LogP contribution in [-0.2, 0) is 17.9 Å². The number of aromatic nitrogens is 5. The van der Waals surface area contributed by atoms with Gasteiger partial charge >= 0.3 is 0 Å². The van der Waals surface area contributed by atoms with Crippen molar-refractivity contribution in [2.24, 2.45) is 7.05 Å². The van der Waals surface area contributed by atoms with E-state index < -0.39 is 6.43 Å². The summed E-state index contributed by atoms with van der Waals surface area (Å²) in [5.74, 6) is 3.05. The van der Waals surface area contributed by atoms with Gasteiger partial charge in [0.15, 0.2) is 5.16 Å². The molecule has 0 saturated carbocycles. The second-order valence-electron chi connectivity index (χ2n) is 10.7. The van der Waals surface area contributed by atoms with Crippen molar-refractivity contribution >= 4 is 17.6 Å². The molecule has 1 aliphatic heterocycles. The van der Waals surface area contributed by atoms with Crippen LogP contribution in [0.5, 0.6) is 0 Å². The van der Waals surface area contributed by atoms with Gasteiger partial charge in [-0.1, -0.05) is 53.3 Å². The summed E-state index contributed by atoms with van der Waals surface area (Å²) < 4.78 is 28.9. The van der Waals surface area contributed by atoms with Crippen molar-refractivity contribution in [2.75, 3.05) is 43.4 Å². The molecule has 7 nitrogen and oxygen atoms in total. The molecule has 0 amide bonds. The maximum Gasteiger partial charge on any atom is 0.280 e. The topological polar surface area (TPSA) is 63.0 Å². The van der Waals surface area contributed by atoms with Crippen LogP contribution in [0.15, 0.2) is 11.2 Å². The number of piperazine rings is 1. The highest BCUT2D eigenvalue weighted by Crippen LogP contribution is 2.27. The summed E-state index contributed by atoms with van der Waals surface area (Å²) in [6, 6.07) is 1.44. The molecule has 0 aliphatic carbocycles. The molecule has 2 aromatic rings. The van der Waals surface area contributed by atoms with Gasteiger partial charge in [0.05, 0.1) is 0 Å². The van der Waals surface area contributed by atoms with E-state index in [2.05, 4.69) is 55.3 Å². The number of hydrogen-bond donors (Lipinski definition) is 0. The zero-order valence-corrected chi connectivity index (χ0v) is 21.7. The predicted octanol–water partition coefficient (Wildman–Crippen LogP) is 4.44. The summed E-state index contributed by atoms with van der Waals surface area (Å²) in [5, 5.41) is 9.65. The first kappa shape index (κ1) is 25.8. The van der Waals surface area contributed by atoms with Gasteiger partial charge in [-0.15, -0.1) is 10.2 Å². The fourth-order valence-corrected chi connectivity index (χ4v) is 4.64. The van der Waals surface area contributed by atoms with E-state index in [9.17, 15) is 8.78 Å². The van der Waals surface area contributed by atoms with Gasteiger partial charge in [0, 0.05) is 55.9 Å². The Labute approximate surface area is 200 Å². The Morgan fingerprint density at radius 2 is 1.64 bits per heavy atom. The summed E-state index contributed by atoms with van der Waals surface area (Å²) in [6.45, 7) is 16.6. The van der Waals surface area contributed by atoms with Crippen molar-refractivity contribution < 1.29 is 8.78 Å². The van der Waals surface area contributed by atoms with Crippen LogP contribution in [0.4, 0.5) is 14.6 Å². The van der Waals surface area contributed by atoms with E-state index in [0.29, 0.717) is 11.6 Å². The normalized spacial score (nSPS) is 16.1. The Kier molecular flexibility index (Phi) is 7.99. The van der Waals surface area contributed by atoms with Crippen LogP contribution in [-0.4, -0.2) is 68.1 Å². The Balaban J connectivity index is 1.50. The Morgan fingerprint density at radius 1 is 0.970 bits per heavy atom. The minimum Gasteiger partial charge on any atom is -0.354 e. The van der Waals surface area contributed by atoms with Crippen LogP contribution < -0.4 is 4.90 Å². The molecule has 0 radical (unpaired) electrons. The molecule has 3 heterocycles. The maximum atomic E-state index is 13.4. The predicted molar refractivity (Wildman–Crippen MR) is 129 cm³/mol. The first-order chi connectivity index (χ1) is 15.4. The smallest absolute Gasteiger partial charge is 0.280 e. The van der Waals surface area contributed by atoms with Crippen molar-refractivity contribution in [2.45, 2.75) is 70.4 Å². The van der Waals surface area contributed by atoms with Gasteiger partial charge in [-0.05, 0) is 13.0 Å². The van der Waals surface area contributed by atoms with Gasteiger partial charge in [-0.2, -0.15) is 0 Å². The average molecular weight is 482 g/mol. The van der Waals surface area contributed by atoms with Gasteiger partial charge in [0.2, 0.25) is 0 Å². The molecule has 33 heavy (non-hydrogen) atoms. The van der Waals surface area contributed by atoms with Crippen LogP contribution in [0.3, 0.4) is 0 Å². The van der Waals surface area contributed by atoms with Gasteiger partial charge in [0.25, 0.3) is 6.43 Å². The third kappa shape index (κ3) is 6.62. The van der Waals surface area contributed by atoms with Crippen LogP contribution >= 0.6 is 11.8 Å². The van der Waals surface area contributed by atoms with E-state index in [1.165, 1.54) is 6.07 Å². The summed E-state index contributed by atoms with van der Waals surface area (Å²) >= 11 is 1.74. The minimum absolute atomic E-state index is 0.0202. The van der Waals surface area contributed by atoms with Crippen molar-refractivity contribution in [3.8, 4) is 0 Å². The lowest BCUT2D eigenvalue weighted by Crippen LogP contribution is -2.47. The highest BCUT2D eigenvalue weighted by molar-refractivity contribution is 7.99. The van der Waals surface area contributed by atoms with Crippen LogP contribution in [0.2, 0.25) is 0 Å². The van der Waals surface area contributed by atoms with Crippen molar-refractivity contribution in [1.82, 2.24) is 29.6 Å². The molecule has 1 saturated heterocycles. The van der Waals surface area contributed by atoms with E-state index in [-0.39, 0.29) is 16.5 Å². The van der Waals surface area contributed by atoms with Crippen LogP contribution in [0.25, 0.3) is 0 Å². The minimum atomic E-state index is -2.60. The zero-order chi connectivity index (χ0) is 24.4. The summed E-state index contributed by atoms with van der Waals surface area (Å²) in [4.78, 5) is 13.2. The Bertz CT molecular complexity index is 926. The fourth-order valence-electron chi connectivity index (χ4n) is 3.81. The molecule has 1 fully saturated rings. The first-order valence-corrected chi connectivity index (χ1v) is 12.5. The molecule has 3 rings (SSSR count). The Morgan fingerprint density at radius 3 is 2.18 bits per heavy atom. The van der Waals surface area contributed by atoms with E-state index in [4.69, 9.17) is 0 Å². The third-order valence-corrected chi connectivity index (χ3v) is 6.79. The number of anilines is 1. The third-order valence-electron chi connectivity index (χ3n) is 5.68. The van der Waals surface area contributed by atoms with E-state index in [1.54, 1.807) is 11.8 Å². The second kappa shape index (κ2) is 10.2. The number of rotatable bonds is 7. The van der Waals surface area contributed by atoms with E-state index in [0.717, 1.165) is 55.9 Å². The highest BCUT2D eigenvalue weighted by atomic mass is 32.2. The molecule has 0 spiro atoms. The second-order valence-corrected chi connectivity index (χ2v) is 11.7. The molecular weight excluding hydrogens is 444 g/mol. The summed E-state index contributed by atoms with van der Waals surface area (Å²) in [5.41, 5.74) is -0.592. The number of halogens is 2. The molecule has 0 N–H and O–H groups in total. The molecule has 0 aromatic carbocycles. The lowest BCUT2D eigenvalue weighted by atomic mass is 9.95. The molecule has 10 heteroatoms. The highest BCUT2D eigenvalue weighted by Gasteiger charge is 2.25. The Hall–Kier alpha value is -1.81. The number of thioether (sulfide) groups is 1. The zero-order valence-electron chi connectivity index (χ0n) is 20.9. The largest absolute Gasteiger partial charge is 0.354 e. The van der Waals surface area contributed by atoms with Gasteiger partial charge in [-0.25, -0.2) is 18.7 Å². The van der Waals surface area contributed by atoms with Gasteiger partial charge < -0.3 is 9.47 Å². The van der Waals surface area contributed by atoms with Crippen LogP contribution in [0.1, 0.15) is 71.7 Å². The standard InChI is InChI=1S/C23H37F2N7S/c1-22(2,3)19-26-16(18(24)25)15-17(27-19)32-12-10-31(11-13-32)9-8-14-33-21-29-28-20(30(21)7)23(4,5)6/h15,18H,8-14H2,1-7H3. The molecule has 0 bridgehead atoms. The van der Waals surface area contributed by atoms with E-state index >= 15 is 0 Å². The lowest BCUT2D eigenvalue weighted by Gasteiger charge is -2.36. The number of alkyl halides is 2. The number of hydrogen-bond acceptors (Lipinski definition) is 7. The molecule has 2 aromatic heterocycles. The molecule has 0 atom stereocenters. The van der Waals surface area contributed by atoms with Crippen LogP contribution in [0, 0.1) is 0 Å². The molecule has 1 aliphatic rings. The summed E-state index contributed by atoms with van der Waals surface area (Å²) in [7, 11) is 2.03. The first-order valence-electron chi connectivity index (χ1n) is 11.5. The fraction of sp³-hybridized carbons (Fsp3) is 0.739. The quantitative estimate of drug-likeness (QED) is 0.428. The SMILES string of the molecule is Cn1c(SCCCN2CCN(c3cc(C(F)F)nc(C(C)(C)C)n3)CC2)nnc1C(C)(C)C. The molecule has 0 unspecified atom stereocenters. The molecular formula is C23H37F2N7S. The lowest BCUT2D eigenvalue weighted by molar-refractivity contribution is 0.145. The van der Waals surface area contributed by atoms with Gasteiger partial charge in [-0.3, -0.25) is 4.90 Å². The molecule has 184 valence electrons. The van der Waals surface area contributed by atoms with Crippen molar-refractivity contribution in [3.63, 3.8) is 0 Å². The number of nitrogens with zero attached hydrogens (tertiary/aromatic N) is 7. The van der Waals surface area contributed by atoms with E-state index in [1.807, 2.05) is 27.8 Å². The van der Waals surface area contributed by atoms with Crippen molar-refractivity contribution in [1.29, 1.82) is 0 Å². The van der Waals surface area contributed by atoms with Gasteiger partial charge in [0.1, 0.15) is 23.2 Å². The summed E-state index contributed by atoms with van der Waals surface area (Å²) in [6.07, 6.45) is -1.54. The maximum absolute atomic E-state index is 13.4. The monoisotopic (exact) mass is 481 g/mol. The average Bonchev–Trinajstić information content (AvgIpc) is 3.11. The van der Waals surface area contributed by atoms with Crippen molar-refractivity contribution in [3.05, 3.63) is 23.4 Å².